The van der Waals surface area contributed by atoms with Crippen LogP contribution in [0.4, 0.5) is 29.3 Å². The molecule has 0 unspecified atom stereocenters. The molecule has 0 spiro atoms. The second-order valence-corrected chi connectivity index (χ2v) is 6.11. The Hall–Kier alpha value is -3.49. The molecule has 0 saturated carbocycles. The van der Waals surface area contributed by atoms with Gasteiger partial charge in [0, 0.05) is 6.21 Å². The number of benzene rings is 2. The third-order valence-corrected chi connectivity index (χ3v) is 4.01. The highest BCUT2D eigenvalue weighted by atomic mass is 19.4. The molecule has 1 atom stereocenters. The van der Waals surface area contributed by atoms with Gasteiger partial charge in [-0.15, -0.1) is 0 Å². The van der Waals surface area contributed by atoms with E-state index in [-0.39, 0.29) is 11.4 Å². The highest BCUT2D eigenvalue weighted by molar-refractivity contribution is 6.32. The fourth-order valence-electron chi connectivity index (χ4n) is 2.66. The zero-order valence-corrected chi connectivity index (χ0v) is 14.5. The molecule has 1 aliphatic heterocycles. The van der Waals surface area contributed by atoms with Crippen molar-refractivity contribution in [2.75, 3.05) is 4.90 Å². The van der Waals surface area contributed by atoms with Crippen LogP contribution in [0.3, 0.4) is 0 Å². The zero-order chi connectivity index (χ0) is 20.5. The van der Waals surface area contributed by atoms with E-state index in [4.69, 9.17) is 0 Å². The predicted octanol–water partition coefficient (Wildman–Crippen LogP) is 3.62. The smallest absolute Gasteiger partial charge is 0.276 e. The maximum absolute atomic E-state index is 12.8. The van der Waals surface area contributed by atoms with E-state index >= 15 is 0 Å². The quantitative estimate of drug-likeness (QED) is 0.643. The number of carbonyl (C=O) groups excluding carboxylic acids is 3. The minimum Gasteiger partial charge on any atom is -0.276 e. The van der Waals surface area contributed by atoms with Crippen LogP contribution in [0.5, 0.6) is 0 Å². The second kappa shape index (κ2) is 7.26. The zero-order valence-electron chi connectivity index (χ0n) is 14.5. The predicted molar refractivity (Wildman–Crippen MR) is 95.3 cm³/mol. The first-order chi connectivity index (χ1) is 13.2. The molecule has 1 aliphatic rings. The number of carbonyl (C=O) groups is 3. The number of halogens is 3. The number of urea groups is 1. The van der Waals surface area contributed by atoms with Gasteiger partial charge < -0.3 is 0 Å². The van der Waals surface area contributed by atoms with Crippen LogP contribution in [0.25, 0.3) is 0 Å². The first-order valence-corrected chi connectivity index (χ1v) is 8.14. The minimum atomic E-state index is -4.54. The summed E-state index contributed by atoms with van der Waals surface area (Å²) in [5.41, 5.74) is 0.0872. The van der Waals surface area contributed by atoms with Gasteiger partial charge in [0.25, 0.3) is 5.91 Å². The lowest BCUT2D eigenvalue weighted by Gasteiger charge is -2.28. The average Bonchev–Trinajstić information content (AvgIpc) is 2.61. The van der Waals surface area contributed by atoms with Gasteiger partial charge in [-0.05, 0) is 42.8 Å². The Balaban J connectivity index is 1.89. The fraction of sp³-hybridized carbons (Fsp3) is 0.158. The number of nitrogens with one attached hydrogen (secondary N) is 1. The maximum Gasteiger partial charge on any atom is 0.416 e. The van der Waals surface area contributed by atoms with E-state index in [1.54, 1.807) is 25.1 Å². The molecule has 1 N–H and O–H groups in total. The van der Waals surface area contributed by atoms with Crippen molar-refractivity contribution in [2.45, 2.75) is 13.1 Å². The van der Waals surface area contributed by atoms with E-state index in [2.05, 4.69) is 10.3 Å². The van der Waals surface area contributed by atoms with Gasteiger partial charge in [-0.25, -0.2) is 9.69 Å². The number of hydrogen-bond donors (Lipinski definition) is 1. The van der Waals surface area contributed by atoms with Gasteiger partial charge >= 0.3 is 12.2 Å². The molecule has 1 saturated heterocycles. The van der Waals surface area contributed by atoms with Crippen molar-refractivity contribution >= 4 is 35.4 Å². The van der Waals surface area contributed by atoms with Crippen LogP contribution in [0, 0.1) is 12.8 Å². The van der Waals surface area contributed by atoms with Crippen LogP contribution >= 0.6 is 0 Å². The number of alkyl halides is 3. The standard InChI is InChI=1S/C19H14F3N3O3/c1-11-4-2-7-14(8-11)25-17(27)15(16(26)24-18(25)28)10-23-13-6-3-5-12(9-13)19(20,21)22/h2-10,15H,1H3,(H,24,26,28)/t15-/m1/s1. The SMILES string of the molecule is Cc1cccc(N2C(=O)NC(=O)[C@@H](C=Nc3cccc(C(F)(F)F)c3)C2=O)c1. The Morgan fingerprint density at radius 1 is 1.07 bits per heavy atom. The largest absolute Gasteiger partial charge is 0.416 e. The van der Waals surface area contributed by atoms with Gasteiger partial charge in [-0.2, -0.15) is 13.2 Å². The monoisotopic (exact) mass is 389 g/mol. The first kappa shape index (κ1) is 19.3. The van der Waals surface area contributed by atoms with Crippen molar-refractivity contribution in [1.82, 2.24) is 5.32 Å². The Kier molecular flexibility index (Phi) is 5.00. The molecule has 6 nitrogen and oxygen atoms in total. The Morgan fingerprint density at radius 3 is 2.46 bits per heavy atom. The lowest BCUT2D eigenvalue weighted by molar-refractivity contribution is -0.137. The molecule has 2 aromatic rings. The summed E-state index contributed by atoms with van der Waals surface area (Å²) in [6.07, 6.45) is -3.61. The van der Waals surface area contributed by atoms with E-state index in [0.717, 1.165) is 28.8 Å². The van der Waals surface area contributed by atoms with E-state index in [1.807, 2.05) is 0 Å². The van der Waals surface area contributed by atoms with Gasteiger partial charge in [0.15, 0.2) is 5.92 Å². The van der Waals surface area contributed by atoms with Crippen molar-refractivity contribution < 1.29 is 27.6 Å². The summed E-state index contributed by atoms with van der Waals surface area (Å²) in [6, 6.07) is 9.79. The molecule has 0 radical (unpaired) electrons. The van der Waals surface area contributed by atoms with Crippen molar-refractivity contribution in [3.05, 3.63) is 59.7 Å². The Labute approximate surface area is 157 Å². The number of anilines is 1. The first-order valence-electron chi connectivity index (χ1n) is 8.14. The van der Waals surface area contributed by atoms with E-state index in [0.29, 0.717) is 0 Å². The molecule has 1 heterocycles. The number of hydrogen-bond acceptors (Lipinski definition) is 4. The Bertz CT molecular complexity index is 986. The van der Waals surface area contributed by atoms with E-state index in [9.17, 15) is 27.6 Å². The van der Waals surface area contributed by atoms with Crippen LogP contribution < -0.4 is 10.2 Å². The molecule has 1 fully saturated rings. The number of barbiturate groups is 1. The van der Waals surface area contributed by atoms with Gasteiger partial charge in [0.1, 0.15) is 0 Å². The van der Waals surface area contributed by atoms with Crippen molar-refractivity contribution in [2.24, 2.45) is 10.9 Å². The summed E-state index contributed by atoms with van der Waals surface area (Å²) < 4.78 is 38.4. The van der Waals surface area contributed by atoms with Crippen LogP contribution in [-0.4, -0.2) is 24.1 Å². The van der Waals surface area contributed by atoms with Crippen molar-refractivity contribution in [1.29, 1.82) is 0 Å². The number of aliphatic imine (C=N–C) groups is 1. The fourth-order valence-corrected chi connectivity index (χ4v) is 2.66. The molecule has 144 valence electrons. The number of amides is 4. The molecule has 3 rings (SSSR count). The summed E-state index contributed by atoms with van der Waals surface area (Å²) in [5, 5.41) is 2.06. The van der Waals surface area contributed by atoms with Crippen LogP contribution in [-0.2, 0) is 15.8 Å². The average molecular weight is 389 g/mol. The summed E-state index contributed by atoms with van der Waals surface area (Å²) >= 11 is 0. The Morgan fingerprint density at radius 2 is 1.79 bits per heavy atom. The van der Waals surface area contributed by atoms with Gasteiger partial charge in [0.05, 0.1) is 16.9 Å². The lowest BCUT2D eigenvalue weighted by atomic mass is 10.1. The molecule has 4 amide bonds. The van der Waals surface area contributed by atoms with Crippen molar-refractivity contribution in [3.63, 3.8) is 0 Å². The third-order valence-electron chi connectivity index (χ3n) is 4.01. The van der Waals surface area contributed by atoms with Crippen LogP contribution in [0.2, 0.25) is 0 Å². The number of rotatable bonds is 3. The van der Waals surface area contributed by atoms with Crippen LogP contribution in [0.15, 0.2) is 53.5 Å². The van der Waals surface area contributed by atoms with E-state index in [1.165, 1.54) is 18.2 Å². The number of aryl methyl sites for hydroxylation is 1. The molecular weight excluding hydrogens is 375 g/mol. The molecule has 28 heavy (non-hydrogen) atoms. The molecular formula is C19H14F3N3O3. The summed E-state index contributed by atoms with van der Waals surface area (Å²) in [5.74, 6) is -3.18. The lowest BCUT2D eigenvalue weighted by Crippen LogP contribution is -2.58. The third kappa shape index (κ3) is 3.93. The van der Waals surface area contributed by atoms with Crippen molar-refractivity contribution in [3.8, 4) is 0 Å². The topological polar surface area (TPSA) is 78.8 Å². The highest BCUT2D eigenvalue weighted by Gasteiger charge is 2.40. The number of nitrogens with zero attached hydrogens (tertiary/aromatic N) is 2. The minimum absolute atomic E-state index is 0.0746. The summed E-state index contributed by atoms with van der Waals surface area (Å²) in [7, 11) is 0. The normalized spacial score (nSPS) is 17.9. The maximum atomic E-state index is 12.8. The van der Waals surface area contributed by atoms with Crippen LogP contribution in [0.1, 0.15) is 11.1 Å². The second-order valence-electron chi connectivity index (χ2n) is 6.11. The molecule has 0 bridgehead atoms. The van der Waals surface area contributed by atoms with Gasteiger partial charge in [-0.1, -0.05) is 18.2 Å². The molecule has 9 heteroatoms. The van der Waals surface area contributed by atoms with Gasteiger partial charge in [-0.3, -0.25) is 19.9 Å². The molecule has 0 aliphatic carbocycles. The number of imide groups is 2. The summed E-state index contributed by atoms with van der Waals surface area (Å²) in [6.45, 7) is 1.77. The molecule has 2 aromatic carbocycles. The highest BCUT2D eigenvalue weighted by Crippen LogP contribution is 2.31. The molecule has 0 aromatic heterocycles. The summed E-state index contributed by atoms with van der Waals surface area (Å²) in [4.78, 5) is 41.5. The van der Waals surface area contributed by atoms with Gasteiger partial charge in [0.2, 0.25) is 5.91 Å². The van der Waals surface area contributed by atoms with E-state index < -0.39 is 35.5 Å².